The predicted octanol–water partition coefficient (Wildman–Crippen LogP) is 4.48. The van der Waals surface area contributed by atoms with E-state index in [1.807, 2.05) is 32.0 Å². The molecular formula is C16H25N. The van der Waals surface area contributed by atoms with Crippen LogP contribution in [0.2, 0.25) is 0 Å². The summed E-state index contributed by atoms with van der Waals surface area (Å²) in [4.78, 5) is 2.02. The van der Waals surface area contributed by atoms with E-state index in [4.69, 9.17) is 0 Å². The van der Waals surface area contributed by atoms with Gasteiger partial charge in [-0.2, -0.15) is 0 Å². The molecule has 1 nitrogen and oxygen atoms in total. The molecule has 0 aromatic rings. The van der Waals surface area contributed by atoms with E-state index in [9.17, 15) is 0 Å². The van der Waals surface area contributed by atoms with E-state index in [0.29, 0.717) is 0 Å². The van der Waals surface area contributed by atoms with E-state index < -0.39 is 0 Å². The lowest BCUT2D eigenvalue weighted by molar-refractivity contribution is 0.561. The molecule has 0 N–H and O–H groups in total. The monoisotopic (exact) mass is 231 g/mol. The summed E-state index contributed by atoms with van der Waals surface area (Å²) in [7, 11) is 4.02. The minimum Gasteiger partial charge on any atom is -0.383 e. The van der Waals surface area contributed by atoms with Crippen LogP contribution in [-0.2, 0) is 0 Å². The first-order chi connectivity index (χ1) is 8.04. The molecule has 0 heterocycles. The standard InChI is InChI=1S/C16H25N/c1-7-10-14(4)11-12-15(8-2)16(9-3)13-17(5)6/h8-9,11-13H,3-4,7,10H2,1-2,5-6H3/b12-11-,15-8+,16-13+. The smallest absolute Gasteiger partial charge is 0.00644 e. The molecule has 0 fully saturated rings. The second-order valence-electron chi connectivity index (χ2n) is 4.24. The summed E-state index contributed by atoms with van der Waals surface area (Å²) in [5, 5.41) is 0. The van der Waals surface area contributed by atoms with Gasteiger partial charge >= 0.3 is 0 Å². The van der Waals surface area contributed by atoms with E-state index in [0.717, 1.165) is 18.4 Å². The van der Waals surface area contributed by atoms with Crippen molar-refractivity contribution in [3.8, 4) is 0 Å². The van der Waals surface area contributed by atoms with Gasteiger partial charge in [-0.1, -0.05) is 56.4 Å². The zero-order chi connectivity index (χ0) is 13.3. The molecule has 0 saturated heterocycles. The summed E-state index contributed by atoms with van der Waals surface area (Å²) in [6, 6.07) is 0. The molecule has 0 aromatic heterocycles. The van der Waals surface area contributed by atoms with Gasteiger partial charge in [-0.05, 0) is 24.5 Å². The zero-order valence-electron chi connectivity index (χ0n) is 11.7. The van der Waals surface area contributed by atoms with Crippen LogP contribution in [0.15, 0.2) is 60.4 Å². The van der Waals surface area contributed by atoms with Crippen molar-refractivity contribution >= 4 is 0 Å². The minimum absolute atomic E-state index is 1.05. The zero-order valence-corrected chi connectivity index (χ0v) is 11.7. The van der Waals surface area contributed by atoms with E-state index in [2.05, 4.69) is 44.5 Å². The molecule has 1 heteroatoms. The third-order valence-electron chi connectivity index (χ3n) is 2.33. The van der Waals surface area contributed by atoms with Gasteiger partial charge in [0.2, 0.25) is 0 Å². The summed E-state index contributed by atoms with van der Waals surface area (Å²) in [5.74, 6) is 0. The maximum absolute atomic E-state index is 4.03. The SMILES string of the molecule is C=CC(=C\N(C)C)/C(/C=C\C(=C)CCC)=C/C. The van der Waals surface area contributed by atoms with Crippen LogP contribution < -0.4 is 0 Å². The molecule has 0 aliphatic carbocycles. The van der Waals surface area contributed by atoms with Gasteiger partial charge in [0.25, 0.3) is 0 Å². The Morgan fingerprint density at radius 2 is 1.82 bits per heavy atom. The highest BCUT2D eigenvalue weighted by atomic mass is 15.0. The minimum atomic E-state index is 1.05. The van der Waals surface area contributed by atoms with Crippen molar-refractivity contribution in [1.29, 1.82) is 0 Å². The Labute approximate surface area is 107 Å². The molecule has 17 heavy (non-hydrogen) atoms. The van der Waals surface area contributed by atoms with Crippen LogP contribution in [0.25, 0.3) is 0 Å². The van der Waals surface area contributed by atoms with Crippen LogP contribution in [-0.4, -0.2) is 19.0 Å². The van der Waals surface area contributed by atoms with Crippen molar-refractivity contribution in [1.82, 2.24) is 4.90 Å². The van der Waals surface area contributed by atoms with Gasteiger partial charge in [-0.25, -0.2) is 0 Å². The number of allylic oxidation sites excluding steroid dienone is 7. The molecule has 0 amide bonds. The highest BCUT2D eigenvalue weighted by Gasteiger charge is 1.97. The van der Waals surface area contributed by atoms with Gasteiger partial charge in [0.15, 0.2) is 0 Å². The molecule has 0 radical (unpaired) electrons. The molecule has 0 atom stereocenters. The highest BCUT2D eigenvalue weighted by Crippen LogP contribution is 2.15. The second kappa shape index (κ2) is 8.63. The maximum atomic E-state index is 4.03. The average molecular weight is 231 g/mol. The first-order valence-electron chi connectivity index (χ1n) is 6.08. The van der Waals surface area contributed by atoms with Gasteiger partial charge in [-0.15, -0.1) is 0 Å². The lowest BCUT2D eigenvalue weighted by Crippen LogP contribution is -2.02. The highest BCUT2D eigenvalue weighted by molar-refractivity contribution is 5.46. The van der Waals surface area contributed by atoms with E-state index in [1.165, 1.54) is 11.1 Å². The van der Waals surface area contributed by atoms with Crippen LogP contribution in [0.3, 0.4) is 0 Å². The van der Waals surface area contributed by atoms with Crippen molar-refractivity contribution in [2.75, 3.05) is 14.1 Å². The number of hydrogen-bond donors (Lipinski definition) is 0. The molecule has 0 aliphatic heterocycles. The molecule has 0 spiro atoms. The fraction of sp³-hybridized carbons (Fsp3) is 0.375. The van der Waals surface area contributed by atoms with Crippen LogP contribution in [0.4, 0.5) is 0 Å². The van der Waals surface area contributed by atoms with E-state index in [1.54, 1.807) is 0 Å². The molecular weight excluding hydrogens is 206 g/mol. The lowest BCUT2D eigenvalue weighted by atomic mass is 10.0. The van der Waals surface area contributed by atoms with Crippen LogP contribution in [0, 0.1) is 0 Å². The number of rotatable bonds is 7. The summed E-state index contributed by atoms with van der Waals surface area (Å²) in [6.07, 6.45) is 12.4. The van der Waals surface area contributed by atoms with Crippen LogP contribution in [0.1, 0.15) is 26.7 Å². The Balaban J connectivity index is 4.85. The van der Waals surface area contributed by atoms with E-state index >= 15 is 0 Å². The molecule has 0 saturated carbocycles. The third kappa shape index (κ3) is 6.62. The first-order valence-corrected chi connectivity index (χ1v) is 6.08. The van der Waals surface area contributed by atoms with Crippen molar-refractivity contribution in [2.24, 2.45) is 0 Å². The first kappa shape index (κ1) is 15.5. The van der Waals surface area contributed by atoms with Gasteiger partial charge in [-0.3, -0.25) is 0 Å². The van der Waals surface area contributed by atoms with Crippen LogP contribution >= 0.6 is 0 Å². The molecule has 0 aliphatic rings. The van der Waals surface area contributed by atoms with Crippen molar-refractivity contribution < 1.29 is 0 Å². The Kier molecular flexibility index (Phi) is 7.87. The normalized spacial score (nSPS) is 12.9. The summed E-state index contributed by atoms with van der Waals surface area (Å²) in [6.45, 7) is 12.1. The topological polar surface area (TPSA) is 3.24 Å². The van der Waals surface area contributed by atoms with Crippen molar-refractivity contribution in [3.05, 3.63) is 60.4 Å². The fourth-order valence-corrected chi connectivity index (χ4v) is 1.49. The predicted molar refractivity (Wildman–Crippen MR) is 78.9 cm³/mol. The lowest BCUT2D eigenvalue weighted by Gasteiger charge is -2.09. The molecule has 0 aromatic carbocycles. The Bertz CT molecular complexity index is 341. The average Bonchev–Trinajstić information content (AvgIpc) is 2.28. The maximum Gasteiger partial charge on any atom is 0.00644 e. The summed E-state index contributed by atoms with van der Waals surface area (Å²) in [5.41, 5.74) is 3.46. The molecule has 0 rings (SSSR count). The summed E-state index contributed by atoms with van der Waals surface area (Å²) < 4.78 is 0. The van der Waals surface area contributed by atoms with E-state index in [-0.39, 0.29) is 0 Å². The molecule has 0 unspecified atom stereocenters. The fourth-order valence-electron chi connectivity index (χ4n) is 1.49. The van der Waals surface area contributed by atoms with Gasteiger partial charge in [0.05, 0.1) is 0 Å². The third-order valence-corrected chi connectivity index (χ3v) is 2.33. The number of nitrogens with zero attached hydrogens (tertiary/aromatic N) is 1. The largest absolute Gasteiger partial charge is 0.383 e. The Morgan fingerprint density at radius 3 is 2.24 bits per heavy atom. The van der Waals surface area contributed by atoms with Crippen molar-refractivity contribution in [2.45, 2.75) is 26.7 Å². The van der Waals surface area contributed by atoms with Gasteiger partial charge < -0.3 is 4.90 Å². The molecule has 0 bridgehead atoms. The number of hydrogen-bond acceptors (Lipinski definition) is 1. The van der Waals surface area contributed by atoms with Crippen molar-refractivity contribution in [3.63, 3.8) is 0 Å². The summed E-state index contributed by atoms with van der Waals surface area (Å²) >= 11 is 0. The quantitative estimate of drug-likeness (QED) is 0.584. The Hall–Kier alpha value is -1.50. The van der Waals surface area contributed by atoms with Gasteiger partial charge in [0, 0.05) is 20.3 Å². The van der Waals surface area contributed by atoms with Gasteiger partial charge in [0.1, 0.15) is 0 Å². The molecule has 94 valence electrons. The second-order valence-corrected chi connectivity index (χ2v) is 4.24. The Morgan fingerprint density at radius 1 is 1.18 bits per heavy atom. The van der Waals surface area contributed by atoms with Crippen LogP contribution in [0.5, 0.6) is 0 Å².